The Hall–Kier alpha value is -0.500. The lowest BCUT2D eigenvalue weighted by atomic mass is 10.0. The summed E-state index contributed by atoms with van der Waals surface area (Å²) >= 11 is 0. The Morgan fingerprint density at radius 3 is 2.50 bits per heavy atom. The summed E-state index contributed by atoms with van der Waals surface area (Å²) in [4.78, 5) is 10.3. The number of rotatable bonds is 1. The molecule has 0 spiro atoms. The average Bonchev–Trinajstić information content (AvgIpc) is 1.90. The molecular weight excluding hydrogens is 152 g/mol. The molecule has 1 N–H and O–H groups in total. The fourth-order valence-corrected chi connectivity index (χ4v) is 1.03. The minimum Gasteiger partial charge on any atom is -0.478 e. The first-order valence-electron chi connectivity index (χ1n) is 3.23. The highest BCUT2D eigenvalue weighted by Gasteiger charge is 2.08. The molecule has 0 aromatic heterocycles. The lowest BCUT2D eigenvalue weighted by molar-refractivity contribution is -0.132. The number of allylic oxidation sites excluding steroid dienone is 1. The van der Waals surface area contributed by atoms with Gasteiger partial charge in [0.05, 0.1) is 0 Å². The summed E-state index contributed by atoms with van der Waals surface area (Å²) in [6.07, 6.45) is 5.72. The third-order valence-electron chi connectivity index (χ3n) is 1.57. The second-order valence-corrected chi connectivity index (χ2v) is 2.28. The fourth-order valence-electron chi connectivity index (χ4n) is 1.03. The van der Waals surface area contributed by atoms with E-state index < -0.39 is 5.97 Å². The van der Waals surface area contributed by atoms with Crippen molar-refractivity contribution in [3.63, 3.8) is 0 Å². The van der Waals surface area contributed by atoms with Crippen LogP contribution in [0.25, 0.3) is 0 Å². The Labute approximate surface area is 66.3 Å². The second kappa shape index (κ2) is 4.34. The van der Waals surface area contributed by atoms with Gasteiger partial charge in [-0.15, -0.1) is 12.4 Å². The maximum Gasteiger partial charge on any atom is 0.331 e. The van der Waals surface area contributed by atoms with Crippen LogP contribution >= 0.6 is 12.4 Å². The van der Waals surface area contributed by atoms with E-state index in [4.69, 9.17) is 5.11 Å². The quantitative estimate of drug-likeness (QED) is 0.641. The smallest absolute Gasteiger partial charge is 0.331 e. The molecule has 0 bridgehead atoms. The molecular formula is C7H11ClO2. The Kier molecular flexibility index (Phi) is 4.12. The molecule has 0 heterocycles. The van der Waals surface area contributed by atoms with Crippen molar-refractivity contribution in [1.29, 1.82) is 0 Å². The molecule has 1 rings (SSSR count). The van der Waals surface area contributed by atoms with Crippen LogP contribution in [0, 0.1) is 0 Å². The van der Waals surface area contributed by atoms with Crippen molar-refractivity contribution in [2.75, 3.05) is 0 Å². The predicted molar refractivity (Wildman–Crippen MR) is 41.4 cm³/mol. The lowest BCUT2D eigenvalue weighted by Crippen LogP contribution is -2.03. The summed E-state index contributed by atoms with van der Waals surface area (Å²) in [7, 11) is 0. The zero-order valence-corrected chi connectivity index (χ0v) is 6.49. The molecule has 0 atom stereocenters. The van der Waals surface area contributed by atoms with Crippen molar-refractivity contribution >= 4 is 18.4 Å². The van der Waals surface area contributed by atoms with E-state index in [1.54, 1.807) is 0 Å². The summed E-state index contributed by atoms with van der Waals surface area (Å²) in [6, 6.07) is 0. The molecule has 1 aliphatic carbocycles. The van der Waals surface area contributed by atoms with Crippen LogP contribution in [-0.4, -0.2) is 11.1 Å². The van der Waals surface area contributed by atoms with Crippen LogP contribution in [-0.2, 0) is 4.79 Å². The molecule has 58 valence electrons. The van der Waals surface area contributed by atoms with E-state index >= 15 is 0 Å². The number of aliphatic carboxylic acids is 1. The molecule has 0 saturated carbocycles. The summed E-state index contributed by atoms with van der Waals surface area (Å²) < 4.78 is 0. The Bertz CT molecular complexity index is 152. The van der Waals surface area contributed by atoms with Gasteiger partial charge in [0.1, 0.15) is 0 Å². The van der Waals surface area contributed by atoms with E-state index in [0.29, 0.717) is 5.57 Å². The minimum absolute atomic E-state index is 0. The minimum atomic E-state index is -0.741. The highest BCUT2D eigenvalue weighted by Crippen LogP contribution is 2.16. The van der Waals surface area contributed by atoms with Gasteiger partial charge in [-0.3, -0.25) is 0 Å². The number of hydrogen-bond donors (Lipinski definition) is 1. The first-order valence-corrected chi connectivity index (χ1v) is 3.23. The van der Waals surface area contributed by atoms with Crippen LogP contribution in [0.2, 0.25) is 0 Å². The van der Waals surface area contributed by atoms with E-state index in [-0.39, 0.29) is 12.4 Å². The van der Waals surface area contributed by atoms with Gasteiger partial charge in [-0.2, -0.15) is 0 Å². The predicted octanol–water partition coefficient (Wildman–Crippen LogP) is 1.99. The summed E-state index contributed by atoms with van der Waals surface area (Å²) in [5.74, 6) is -0.741. The normalized spacial score (nSPS) is 17.0. The third kappa shape index (κ3) is 2.40. The van der Waals surface area contributed by atoms with Crippen molar-refractivity contribution < 1.29 is 9.90 Å². The Morgan fingerprint density at radius 1 is 1.50 bits per heavy atom. The molecule has 10 heavy (non-hydrogen) atoms. The summed E-state index contributed by atoms with van der Waals surface area (Å²) in [6.45, 7) is 0. The molecule has 0 saturated heterocycles. The fraction of sp³-hybridized carbons (Fsp3) is 0.571. The Balaban J connectivity index is 0.000000810. The van der Waals surface area contributed by atoms with E-state index in [2.05, 4.69) is 0 Å². The van der Waals surface area contributed by atoms with E-state index in [1.807, 2.05) is 6.08 Å². The number of carboxylic acid groups (broad SMARTS) is 1. The van der Waals surface area contributed by atoms with Gasteiger partial charge in [0, 0.05) is 5.57 Å². The third-order valence-corrected chi connectivity index (χ3v) is 1.57. The van der Waals surface area contributed by atoms with Crippen LogP contribution in [0.4, 0.5) is 0 Å². The standard InChI is InChI=1S/C7H10O2.ClH/c8-7(9)6-4-2-1-3-5-6;/h4H,1-3,5H2,(H,8,9);1H. The van der Waals surface area contributed by atoms with Crippen molar-refractivity contribution in [2.45, 2.75) is 25.7 Å². The van der Waals surface area contributed by atoms with Gasteiger partial charge >= 0.3 is 5.97 Å². The van der Waals surface area contributed by atoms with Gasteiger partial charge in [-0.1, -0.05) is 6.08 Å². The van der Waals surface area contributed by atoms with Crippen molar-refractivity contribution in [1.82, 2.24) is 0 Å². The second-order valence-electron chi connectivity index (χ2n) is 2.28. The molecule has 3 heteroatoms. The zero-order valence-electron chi connectivity index (χ0n) is 5.67. The van der Waals surface area contributed by atoms with Gasteiger partial charge in [-0.05, 0) is 25.7 Å². The van der Waals surface area contributed by atoms with E-state index in [9.17, 15) is 4.79 Å². The zero-order chi connectivity index (χ0) is 6.69. The SMILES string of the molecule is Cl.O=C(O)C1=CCCCC1. The maximum atomic E-state index is 10.3. The van der Waals surface area contributed by atoms with Crippen molar-refractivity contribution in [2.24, 2.45) is 0 Å². The van der Waals surface area contributed by atoms with Crippen molar-refractivity contribution in [3.05, 3.63) is 11.6 Å². The van der Waals surface area contributed by atoms with Gasteiger partial charge < -0.3 is 5.11 Å². The topological polar surface area (TPSA) is 37.3 Å². The van der Waals surface area contributed by atoms with Crippen LogP contribution in [0.3, 0.4) is 0 Å². The molecule has 0 fully saturated rings. The maximum absolute atomic E-state index is 10.3. The number of hydrogen-bond acceptors (Lipinski definition) is 1. The number of halogens is 1. The largest absolute Gasteiger partial charge is 0.478 e. The summed E-state index contributed by atoms with van der Waals surface area (Å²) in [5.41, 5.74) is 0.598. The highest BCUT2D eigenvalue weighted by atomic mass is 35.5. The van der Waals surface area contributed by atoms with Crippen LogP contribution < -0.4 is 0 Å². The molecule has 0 aliphatic heterocycles. The first-order chi connectivity index (χ1) is 4.30. The van der Waals surface area contributed by atoms with Gasteiger partial charge in [0.2, 0.25) is 0 Å². The van der Waals surface area contributed by atoms with Crippen LogP contribution in [0.1, 0.15) is 25.7 Å². The summed E-state index contributed by atoms with van der Waals surface area (Å²) in [5, 5.41) is 8.47. The molecule has 0 amide bonds. The number of carboxylic acids is 1. The molecule has 0 aromatic rings. The van der Waals surface area contributed by atoms with Gasteiger partial charge in [0.25, 0.3) is 0 Å². The van der Waals surface area contributed by atoms with E-state index in [0.717, 1.165) is 25.7 Å². The average molecular weight is 163 g/mol. The molecule has 0 unspecified atom stereocenters. The first kappa shape index (κ1) is 9.50. The molecule has 0 radical (unpaired) electrons. The number of carbonyl (C=O) groups is 1. The molecule has 1 aliphatic rings. The lowest BCUT2D eigenvalue weighted by Gasteiger charge is -2.06. The van der Waals surface area contributed by atoms with Gasteiger partial charge in [-0.25, -0.2) is 4.79 Å². The molecule has 0 aromatic carbocycles. The van der Waals surface area contributed by atoms with Gasteiger partial charge in [0.15, 0.2) is 0 Å². The van der Waals surface area contributed by atoms with Crippen LogP contribution in [0.5, 0.6) is 0 Å². The Morgan fingerprint density at radius 2 is 2.20 bits per heavy atom. The van der Waals surface area contributed by atoms with Crippen LogP contribution in [0.15, 0.2) is 11.6 Å². The monoisotopic (exact) mass is 162 g/mol. The van der Waals surface area contributed by atoms with Crippen molar-refractivity contribution in [3.8, 4) is 0 Å². The highest BCUT2D eigenvalue weighted by molar-refractivity contribution is 5.86. The van der Waals surface area contributed by atoms with E-state index in [1.165, 1.54) is 0 Å². The molecule has 2 nitrogen and oxygen atoms in total.